The summed E-state index contributed by atoms with van der Waals surface area (Å²) in [5, 5.41) is 14.0. The van der Waals surface area contributed by atoms with Crippen LogP contribution in [0.15, 0.2) is 33.9 Å². The molecule has 1 aromatic heterocycles. The van der Waals surface area contributed by atoms with E-state index in [0.29, 0.717) is 30.9 Å². The topological polar surface area (TPSA) is 126 Å². The predicted octanol–water partition coefficient (Wildman–Crippen LogP) is -0.290. The maximum atomic E-state index is 13.2. The van der Waals surface area contributed by atoms with Gasteiger partial charge in [-0.05, 0) is 18.1 Å². The highest BCUT2D eigenvalue weighted by Gasteiger charge is 2.58. The number of alkyl halides is 4. The number of ether oxygens (including phenoxy) is 1. The lowest BCUT2D eigenvalue weighted by Crippen LogP contribution is -2.65. The number of allylic oxidation sites excluding steroid dienone is 2. The lowest BCUT2D eigenvalue weighted by atomic mass is 9.64. The van der Waals surface area contributed by atoms with Gasteiger partial charge in [-0.2, -0.15) is 13.2 Å². The van der Waals surface area contributed by atoms with Gasteiger partial charge in [-0.3, -0.25) is 19.6 Å². The molecule has 2 atom stereocenters. The highest BCUT2D eigenvalue weighted by atomic mass is 35.5. The highest BCUT2D eigenvalue weighted by molar-refractivity contribution is 6.39. The molecular weight excluding hydrogens is 497 g/mol. The van der Waals surface area contributed by atoms with E-state index in [-0.39, 0.29) is 16.3 Å². The van der Waals surface area contributed by atoms with E-state index in [1.54, 1.807) is 0 Å². The average Bonchev–Trinajstić information content (AvgIpc) is 2.76. The van der Waals surface area contributed by atoms with Crippen molar-refractivity contribution >= 4 is 29.2 Å². The Morgan fingerprint density at radius 3 is 2.34 bits per heavy atom. The van der Waals surface area contributed by atoms with Gasteiger partial charge < -0.3 is 14.6 Å². The number of hydrogen-bond acceptors (Lipinski definition) is 7. The number of morpholine rings is 1. The molecule has 14 heteroatoms. The molecule has 0 saturated carbocycles. The Morgan fingerprint density at radius 2 is 1.83 bits per heavy atom. The smallest absolute Gasteiger partial charge is 0.431 e. The Morgan fingerprint density at radius 1 is 1.23 bits per heavy atom. The minimum Gasteiger partial charge on any atom is -0.549 e. The normalized spacial score (nSPS) is 25.4. The third-order valence-corrected chi connectivity index (χ3v) is 6.79. The van der Waals surface area contributed by atoms with E-state index in [4.69, 9.17) is 16.3 Å². The van der Waals surface area contributed by atoms with Gasteiger partial charge >= 0.3 is 11.9 Å². The fourth-order valence-corrected chi connectivity index (χ4v) is 4.65. The molecule has 1 aliphatic heterocycles. The molecule has 0 bridgehead atoms. The van der Waals surface area contributed by atoms with E-state index in [1.807, 2.05) is 0 Å². The Bertz CT molecular complexity index is 1210. The Kier molecular flexibility index (Phi) is 7.08. The van der Waals surface area contributed by atoms with Gasteiger partial charge in [0.1, 0.15) is 5.69 Å². The van der Waals surface area contributed by atoms with Crippen molar-refractivity contribution in [3.63, 3.8) is 0 Å². The van der Waals surface area contributed by atoms with Crippen molar-refractivity contribution in [3.05, 3.63) is 50.8 Å². The summed E-state index contributed by atoms with van der Waals surface area (Å²) in [4.78, 5) is 48.8. The summed E-state index contributed by atoms with van der Waals surface area (Å²) in [6.07, 6.45) is -2.02. The van der Waals surface area contributed by atoms with Crippen LogP contribution in [0.4, 0.5) is 13.2 Å². The first-order chi connectivity index (χ1) is 16.2. The predicted molar refractivity (Wildman–Crippen MR) is 116 cm³/mol. The molecule has 0 spiro atoms. The molecule has 1 aromatic rings. The molecule has 2 unspecified atom stereocenters. The standard InChI is InChI=1S/C21H24ClF3N4O6/c1-12(2)19(17(32)33)11-13(29-15(30)10-14(21(23,24)25)27(3)18(29)34)4-5-20(19,22)16(31)26-28-6-8-35-9-7-28/h4-5,10-12H,6-9H2,1-3H3,(H,26,31)(H,32,33)/p-1. The van der Waals surface area contributed by atoms with E-state index >= 15 is 0 Å². The van der Waals surface area contributed by atoms with Gasteiger partial charge in [0.2, 0.25) is 0 Å². The van der Waals surface area contributed by atoms with Crippen molar-refractivity contribution in [2.24, 2.45) is 18.4 Å². The number of carbonyl (C=O) groups excluding carboxylic acids is 2. The molecular formula is C21H23ClF3N4O6-. The number of hydrogen-bond donors (Lipinski definition) is 1. The van der Waals surface area contributed by atoms with Crippen LogP contribution in [0.25, 0.3) is 5.70 Å². The first kappa shape index (κ1) is 26.7. The van der Waals surface area contributed by atoms with E-state index in [1.165, 1.54) is 18.9 Å². The van der Waals surface area contributed by atoms with Gasteiger partial charge in [0.25, 0.3) is 11.5 Å². The summed E-state index contributed by atoms with van der Waals surface area (Å²) in [6.45, 7) is 4.17. The number of nitrogens with zero attached hydrogens (tertiary/aromatic N) is 3. The second kappa shape index (κ2) is 9.28. The lowest BCUT2D eigenvalue weighted by molar-refractivity contribution is -0.319. The molecule has 1 fully saturated rings. The molecule has 1 amide bonds. The molecule has 2 heterocycles. The van der Waals surface area contributed by atoms with Crippen LogP contribution in [0.1, 0.15) is 19.5 Å². The fourth-order valence-electron chi connectivity index (χ4n) is 4.19. The minimum atomic E-state index is -4.97. The number of carbonyl (C=O) groups is 2. The first-order valence-electron chi connectivity index (χ1n) is 10.5. The fraction of sp³-hybridized carbons (Fsp3) is 0.524. The number of aromatic nitrogens is 2. The number of carboxylic acids is 1. The van der Waals surface area contributed by atoms with Crippen LogP contribution >= 0.6 is 11.6 Å². The molecule has 1 N–H and O–H groups in total. The molecule has 2 aliphatic rings. The minimum absolute atomic E-state index is 0.222. The monoisotopic (exact) mass is 519 g/mol. The average molecular weight is 520 g/mol. The zero-order valence-electron chi connectivity index (χ0n) is 19.0. The maximum Gasteiger partial charge on any atom is 0.431 e. The molecule has 0 radical (unpaired) electrons. The van der Waals surface area contributed by atoms with Crippen LogP contribution < -0.4 is 21.8 Å². The third kappa shape index (κ3) is 4.43. The van der Waals surface area contributed by atoms with Crippen LogP contribution in [-0.2, 0) is 27.5 Å². The molecule has 1 aliphatic carbocycles. The van der Waals surface area contributed by atoms with Gasteiger partial charge in [-0.15, -0.1) is 11.6 Å². The number of rotatable bonds is 5. The van der Waals surface area contributed by atoms with E-state index in [0.717, 1.165) is 25.3 Å². The number of hydrazine groups is 1. The van der Waals surface area contributed by atoms with Crippen LogP contribution in [0.5, 0.6) is 0 Å². The van der Waals surface area contributed by atoms with Crippen LogP contribution in [0.3, 0.4) is 0 Å². The molecule has 35 heavy (non-hydrogen) atoms. The van der Waals surface area contributed by atoms with Gasteiger partial charge in [0, 0.05) is 26.2 Å². The summed E-state index contributed by atoms with van der Waals surface area (Å²) >= 11 is 6.66. The number of aliphatic carboxylic acids is 1. The number of amides is 1. The van der Waals surface area contributed by atoms with E-state index in [2.05, 4.69) is 5.43 Å². The number of nitrogens with one attached hydrogen (secondary N) is 1. The molecule has 192 valence electrons. The van der Waals surface area contributed by atoms with Crippen LogP contribution in [0.2, 0.25) is 0 Å². The second-order valence-electron chi connectivity index (χ2n) is 8.51. The van der Waals surface area contributed by atoms with Crippen molar-refractivity contribution in [1.29, 1.82) is 0 Å². The maximum absolute atomic E-state index is 13.2. The van der Waals surface area contributed by atoms with E-state index in [9.17, 15) is 37.5 Å². The van der Waals surface area contributed by atoms with Crippen molar-refractivity contribution < 1.29 is 32.6 Å². The van der Waals surface area contributed by atoms with Crippen molar-refractivity contribution in [2.75, 3.05) is 26.3 Å². The van der Waals surface area contributed by atoms with Crippen LogP contribution in [-0.4, -0.2) is 57.2 Å². The highest BCUT2D eigenvalue weighted by Crippen LogP contribution is 2.49. The SMILES string of the molecule is CC(C)C1(C(=O)[O-])C=C(n2c(=O)cc(C(F)(F)F)n(C)c2=O)C=CC1(Cl)C(=O)NN1CCOCC1. The van der Waals surface area contributed by atoms with Gasteiger partial charge in [-0.1, -0.05) is 19.9 Å². The largest absolute Gasteiger partial charge is 0.549 e. The molecule has 10 nitrogen and oxygen atoms in total. The Hall–Kier alpha value is -2.90. The Labute approximate surface area is 202 Å². The van der Waals surface area contributed by atoms with E-state index < -0.39 is 51.2 Å². The van der Waals surface area contributed by atoms with Crippen molar-refractivity contribution in [2.45, 2.75) is 24.9 Å². The second-order valence-corrected chi connectivity index (χ2v) is 9.10. The van der Waals surface area contributed by atoms with Crippen LogP contribution in [0, 0.1) is 11.3 Å². The summed E-state index contributed by atoms with van der Waals surface area (Å²) in [6, 6.07) is 0.222. The summed E-state index contributed by atoms with van der Waals surface area (Å²) < 4.78 is 45.4. The molecule has 0 aromatic carbocycles. The molecule has 1 saturated heterocycles. The van der Waals surface area contributed by atoms with Gasteiger partial charge in [0.05, 0.1) is 30.3 Å². The first-order valence-corrected chi connectivity index (χ1v) is 10.9. The van der Waals surface area contributed by atoms with Crippen molar-refractivity contribution in [1.82, 2.24) is 19.6 Å². The van der Waals surface area contributed by atoms with Gasteiger partial charge in [-0.25, -0.2) is 14.4 Å². The summed E-state index contributed by atoms with van der Waals surface area (Å²) in [5.41, 5.74) is -4.28. The molecule has 3 rings (SSSR count). The zero-order valence-corrected chi connectivity index (χ0v) is 19.8. The number of halogens is 4. The lowest BCUT2D eigenvalue weighted by Gasteiger charge is -2.48. The van der Waals surface area contributed by atoms with Gasteiger partial charge in [0.15, 0.2) is 4.87 Å². The quantitative estimate of drug-likeness (QED) is 0.530. The number of carboxylic acid groups (broad SMARTS) is 1. The van der Waals surface area contributed by atoms with Crippen molar-refractivity contribution in [3.8, 4) is 0 Å². The zero-order chi connectivity index (χ0) is 26.3. The summed E-state index contributed by atoms with van der Waals surface area (Å²) in [7, 11) is 0.824. The Balaban J connectivity index is 2.17. The third-order valence-electron chi connectivity index (χ3n) is 6.18. The summed E-state index contributed by atoms with van der Waals surface area (Å²) in [5.74, 6) is -3.61.